The molecule has 1 fully saturated rings. The highest BCUT2D eigenvalue weighted by molar-refractivity contribution is 5.96. The molecule has 1 unspecified atom stereocenters. The summed E-state index contributed by atoms with van der Waals surface area (Å²) in [5, 5.41) is 10.5. The first-order valence-electron chi connectivity index (χ1n) is 6.68. The molecule has 1 aromatic carbocycles. The largest absolute Gasteiger partial charge is 0.417 e. The maximum Gasteiger partial charge on any atom is 0.417 e. The zero-order valence-electron chi connectivity index (χ0n) is 11.9. The van der Waals surface area contributed by atoms with E-state index in [9.17, 15) is 19.7 Å². The Morgan fingerprint density at radius 2 is 2.09 bits per heavy atom. The van der Waals surface area contributed by atoms with Crippen LogP contribution < -0.4 is 0 Å². The Bertz CT molecular complexity index is 571. The molecule has 1 heterocycles. The molecule has 0 aromatic heterocycles. The van der Waals surface area contributed by atoms with E-state index in [0.29, 0.717) is 19.7 Å². The summed E-state index contributed by atoms with van der Waals surface area (Å²) >= 11 is 0. The Morgan fingerprint density at radius 1 is 1.41 bits per heavy atom. The van der Waals surface area contributed by atoms with Gasteiger partial charge in [0.25, 0.3) is 5.69 Å². The fraction of sp³-hybridized carbons (Fsp3) is 0.357. The SMILES string of the molecule is C[CH]C1CN(C(=O)OC(=O)c2ccc([N+](=O)[O-])cc2)CCO1. The summed E-state index contributed by atoms with van der Waals surface area (Å²) in [4.78, 5) is 35.1. The van der Waals surface area contributed by atoms with Gasteiger partial charge in [-0.25, -0.2) is 9.59 Å². The number of carbonyl (C=O) groups is 2. The molecule has 1 amide bonds. The predicted molar refractivity (Wildman–Crippen MR) is 75.2 cm³/mol. The predicted octanol–water partition coefficient (Wildman–Crippen LogP) is 1.80. The lowest BCUT2D eigenvalue weighted by atomic mass is 10.2. The third kappa shape index (κ3) is 3.79. The number of hydrogen-bond donors (Lipinski definition) is 0. The van der Waals surface area contributed by atoms with Crippen LogP contribution in [0.15, 0.2) is 24.3 Å². The Labute approximate surface area is 126 Å². The van der Waals surface area contributed by atoms with Crippen molar-refractivity contribution in [2.75, 3.05) is 19.7 Å². The van der Waals surface area contributed by atoms with E-state index < -0.39 is 17.0 Å². The Morgan fingerprint density at radius 3 is 2.68 bits per heavy atom. The summed E-state index contributed by atoms with van der Waals surface area (Å²) in [7, 11) is 0. The van der Waals surface area contributed by atoms with Crippen LogP contribution in [0.5, 0.6) is 0 Å². The maximum absolute atomic E-state index is 11.9. The van der Waals surface area contributed by atoms with Crippen LogP contribution >= 0.6 is 0 Å². The van der Waals surface area contributed by atoms with Crippen LogP contribution in [0.3, 0.4) is 0 Å². The number of nitro benzene ring substituents is 1. The fourth-order valence-corrected chi connectivity index (χ4v) is 1.96. The van der Waals surface area contributed by atoms with Gasteiger partial charge in [-0.15, -0.1) is 0 Å². The fourth-order valence-electron chi connectivity index (χ4n) is 1.96. The number of esters is 1. The lowest BCUT2D eigenvalue weighted by molar-refractivity contribution is -0.384. The van der Waals surface area contributed by atoms with Gasteiger partial charge < -0.3 is 14.4 Å². The van der Waals surface area contributed by atoms with Crippen LogP contribution in [-0.2, 0) is 9.47 Å². The number of non-ortho nitro benzene ring substituents is 1. The van der Waals surface area contributed by atoms with Crippen LogP contribution in [0.2, 0.25) is 0 Å². The van der Waals surface area contributed by atoms with Crippen molar-refractivity contribution >= 4 is 17.7 Å². The molecule has 0 bridgehead atoms. The quantitative estimate of drug-likeness (QED) is 0.365. The van der Waals surface area contributed by atoms with Crippen molar-refractivity contribution in [3.05, 3.63) is 46.4 Å². The monoisotopic (exact) mass is 307 g/mol. The molecular weight excluding hydrogens is 292 g/mol. The number of amides is 1. The zero-order valence-corrected chi connectivity index (χ0v) is 11.9. The third-order valence-electron chi connectivity index (χ3n) is 3.22. The van der Waals surface area contributed by atoms with E-state index in [2.05, 4.69) is 0 Å². The van der Waals surface area contributed by atoms with E-state index in [1.54, 1.807) is 0 Å². The number of hydrogen-bond acceptors (Lipinski definition) is 6. The number of morpholine rings is 1. The van der Waals surface area contributed by atoms with Crippen LogP contribution in [0.4, 0.5) is 10.5 Å². The van der Waals surface area contributed by atoms with Crippen LogP contribution in [-0.4, -0.2) is 47.7 Å². The molecule has 22 heavy (non-hydrogen) atoms. The highest BCUT2D eigenvalue weighted by atomic mass is 16.6. The van der Waals surface area contributed by atoms with Gasteiger partial charge in [0.05, 0.1) is 29.7 Å². The van der Waals surface area contributed by atoms with Gasteiger partial charge in [0.15, 0.2) is 0 Å². The van der Waals surface area contributed by atoms with E-state index in [4.69, 9.17) is 9.47 Å². The van der Waals surface area contributed by atoms with Gasteiger partial charge in [-0.3, -0.25) is 10.1 Å². The number of ether oxygens (including phenoxy) is 2. The smallest absolute Gasteiger partial charge is 0.374 e. The van der Waals surface area contributed by atoms with Gasteiger partial charge in [-0.05, 0) is 18.6 Å². The molecule has 0 spiro atoms. The first-order chi connectivity index (χ1) is 10.5. The minimum Gasteiger partial charge on any atom is -0.374 e. The van der Waals surface area contributed by atoms with Crippen molar-refractivity contribution in [3.63, 3.8) is 0 Å². The topological polar surface area (TPSA) is 99.0 Å². The van der Waals surface area contributed by atoms with Crippen LogP contribution in [0.1, 0.15) is 17.3 Å². The second-order valence-electron chi connectivity index (χ2n) is 4.65. The van der Waals surface area contributed by atoms with Gasteiger partial charge in [0.1, 0.15) is 0 Å². The standard InChI is InChI=1S/C14H15N2O6/c1-2-12-9-15(7-8-21-12)14(18)22-13(17)10-3-5-11(6-4-10)16(19)20/h2-6,12H,7-9H2,1H3. The first kappa shape index (κ1) is 15.9. The van der Waals surface area contributed by atoms with E-state index in [0.717, 1.165) is 0 Å². The Hall–Kier alpha value is -2.48. The highest BCUT2D eigenvalue weighted by Crippen LogP contribution is 2.14. The lowest BCUT2D eigenvalue weighted by Crippen LogP contribution is -2.46. The van der Waals surface area contributed by atoms with Gasteiger partial charge in [0, 0.05) is 18.7 Å². The molecule has 1 aliphatic rings. The highest BCUT2D eigenvalue weighted by Gasteiger charge is 2.26. The van der Waals surface area contributed by atoms with Crippen molar-refractivity contribution in [2.24, 2.45) is 0 Å². The molecule has 0 saturated carbocycles. The summed E-state index contributed by atoms with van der Waals surface area (Å²) in [6.07, 6.45) is 0.881. The van der Waals surface area contributed by atoms with Crippen molar-refractivity contribution in [3.8, 4) is 0 Å². The van der Waals surface area contributed by atoms with Crippen molar-refractivity contribution in [2.45, 2.75) is 13.0 Å². The maximum atomic E-state index is 11.9. The molecule has 0 aliphatic carbocycles. The average molecular weight is 307 g/mol. The molecular formula is C14H15N2O6. The molecule has 117 valence electrons. The van der Waals surface area contributed by atoms with Gasteiger partial charge in [-0.1, -0.05) is 6.92 Å². The third-order valence-corrected chi connectivity index (χ3v) is 3.22. The minimum absolute atomic E-state index is 0.0748. The Balaban J connectivity index is 1.96. The van der Waals surface area contributed by atoms with Gasteiger partial charge in [-0.2, -0.15) is 0 Å². The summed E-state index contributed by atoms with van der Waals surface area (Å²) in [6.45, 7) is 2.86. The summed E-state index contributed by atoms with van der Waals surface area (Å²) in [5.74, 6) is -0.844. The molecule has 1 aromatic rings. The van der Waals surface area contributed by atoms with E-state index in [1.165, 1.54) is 29.2 Å². The van der Waals surface area contributed by atoms with E-state index in [-0.39, 0.29) is 17.4 Å². The number of nitrogens with zero attached hydrogens (tertiary/aromatic N) is 2. The number of benzene rings is 1. The van der Waals surface area contributed by atoms with Crippen molar-refractivity contribution < 1.29 is 24.0 Å². The second kappa shape index (κ2) is 6.99. The number of carbonyl (C=O) groups excluding carboxylic acids is 2. The summed E-state index contributed by atoms with van der Waals surface area (Å²) in [5.41, 5.74) is -0.0665. The van der Waals surface area contributed by atoms with Gasteiger partial charge in [0.2, 0.25) is 0 Å². The van der Waals surface area contributed by atoms with Crippen LogP contribution in [0.25, 0.3) is 0 Å². The number of rotatable bonds is 3. The molecule has 8 heteroatoms. The minimum atomic E-state index is -0.844. The lowest BCUT2D eigenvalue weighted by Gasteiger charge is -2.31. The van der Waals surface area contributed by atoms with Gasteiger partial charge >= 0.3 is 12.1 Å². The summed E-state index contributed by atoms with van der Waals surface area (Å²) < 4.78 is 10.2. The van der Waals surface area contributed by atoms with E-state index >= 15 is 0 Å². The molecule has 1 atom stereocenters. The van der Waals surface area contributed by atoms with E-state index in [1.807, 2.05) is 13.3 Å². The normalized spacial score (nSPS) is 17.9. The molecule has 1 aliphatic heterocycles. The molecule has 0 N–H and O–H groups in total. The van der Waals surface area contributed by atoms with Crippen LogP contribution in [0, 0.1) is 16.5 Å². The molecule has 2 rings (SSSR count). The second-order valence-corrected chi connectivity index (χ2v) is 4.65. The van der Waals surface area contributed by atoms with Crippen molar-refractivity contribution in [1.29, 1.82) is 0 Å². The average Bonchev–Trinajstić information content (AvgIpc) is 2.54. The van der Waals surface area contributed by atoms with Crippen molar-refractivity contribution in [1.82, 2.24) is 4.90 Å². The molecule has 8 nitrogen and oxygen atoms in total. The summed E-state index contributed by atoms with van der Waals surface area (Å²) in [6, 6.07) is 4.85. The zero-order chi connectivity index (χ0) is 16.1. The first-order valence-corrected chi connectivity index (χ1v) is 6.68. The number of nitro groups is 1. The molecule has 1 radical (unpaired) electrons. The molecule has 1 saturated heterocycles. The Kier molecular flexibility index (Phi) is 5.05.